The Morgan fingerprint density at radius 1 is 1.15 bits per heavy atom. The fourth-order valence-corrected chi connectivity index (χ4v) is 1.93. The number of aryl methyl sites for hydroxylation is 2. The van der Waals surface area contributed by atoms with E-state index in [1.807, 2.05) is 19.9 Å². The lowest BCUT2D eigenvalue weighted by atomic mass is 10.1. The molecule has 0 fully saturated rings. The molecule has 0 amide bonds. The average Bonchev–Trinajstić information content (AvgIpc) is 2.38. The monoisotopic (exact) mass is 313 g/mol. The molecule has 0 aliphatic heterocycles. The number of halogens is 3. The highest BCUT2D eigenvalue weighted by Crippen LogP contribution is 2.23. The Kier molecular flexibility index (Phi) is 4.26. The Balaban J connectivity index is 2.28. The third-order valence-corrected chi connectivity index (χ3v) is 3.35. The standard InChI is InChI=1S/C14H10Cl2FNO2/c1-7-3-4-9(5-8(7)2)20-14(19)10-6-11(17)13(16)18-12(10)15/h3-6H,1-2H3. The minimum absolute atomic E-state index is 0.174. The Labute approximate surface area is 125 Å². The highest BCUT2D eigenvalue weighted by atomic mass is 35.5. The van der Waals surface area contributed by atoms with E-state index in [2.05, 4.69) is 4.98 Å². The van der Waals surface area contributed by atoms with Crippen LogP contribution in [0.2, 0.25) is 10.3 Å². The Morgan fingerprint density at radius 3 is 2.50 bits per heavy atom. The third kappa shape index (κ3) is 3.08. The van der Waals surface area contributed by atoms with Gasteiger partial charge in [0, 0.05) is 0 Å². The van der Waals surface area contributed by atoms with E-state index >= 15 is 0 Å². The van der Waals surface area contributed by atoms with Crippen LogP contribution in [0.25, 0.3) is 0 Å². The summed E-state index contributed by atoms with van der Waals surface area (Å²) in [5.74, 6) is -1.27. The Hall–Kier alpha value is -1.65. The van der Waals surface area contributed by atoms with E-state index in [0.717, 1.165) is 17.2 Å². The first-order valence-corrected chi connectivity index (χ1v) is 6.45. The van der Waals surface area contributed by atoms with Crippen molar-refractivity contribution in [2.24, 2.45) is 0 Å². The number of ether oxygens (including phenoxy) is 1. The molecular weight excluding hydrogens is 304 g/mol. The van der Waals surface area contributed by atoms with Gasteiger partial charge in [-0.05, 0) is 43.2 Å². The van der Waals surface area contributed by atoms with Crippen molar-refractivity contribution in [3.05, 3.63) is 57.1 Å². The highest BCUT2D eigenvalue weighted by Gasteiger charge is 2.17. The van der Waals surface area contributed by atoms with Gasteiger partial charge in [-0.15, -0.1) is 0 Å². The van der Waals surface area contributed by atoms with Gasteiger partial charge in [-0.2, -0.15) is 0 Å². The molecule has 0 spiro atoms. The average molecular weight is 314 g/mol. The maximum atomic E-state index is 13.3. The zero-order valence-electron chi connectivity index (χ0n) is 10.7. The van der Waals surface area contributed by atoms with Gasteiger partial charge in [-0.1, -0.05) is 29.3 Å². The number of carbonyl (C=O) groups excluding carboxylic acids is 1. The van der Waals surface area contributed by atoms with Crippen molar-refractivity contribution >= 4 is 29.2 Å². The van der Waals surface area contributed by atoms with Crippen LogP contribution < -0.4 is 4.74 Å². The fraction of sp³-hybridized carbons (Fsp3) is 0.143. The van der Waals surface area contributed by atoms with Gasteiger partial charge in [0.05, 0.1) is 0 Å². The molecule has 0 saturated carbocycles. The van der Waals surface area contributed by atoms with E-state index < -0.39 is 16.9 Å². The molecule has 0 N–H and O–H groups in total. The van der Waals surface area contributed by atoms with Crippen LogP contribution in [0.5, 0.6) is 5.75 Å². The second-order valence-corrected chi connectivity index (χ2v) is 4.95. The largest absolute Gasteiger partial charge is 0.423 e. The zero-order chi connectivity index (χ0) is 14.9. The van der Waals surface area contributed by atoms with Gasteiger partial charge in [0.15, 0.2) is 11.0 Å². The van der Waals surface area contributed by atoms with Gasteiger partial charge in [-0.3, -0.25) is 0 Å². The van der Waals surface area contributed by atoms with E-state index in [9.17, 15) is 9.18 Å². The normalized spacial score (nSPS) is 10.4. The van der Waals surface area contributed by atoms with Gasteiger partial charge in [0.2, 0.25) is 0 Å². The molecule has 0 saturated heterocycles. The first kappa shape index (κ1) is 14.8. The van der Waals surface area contributed by atoms with Crippen molar-refractivity contribution in [3.63, 3.8) is 0 Å². The molecule has 0 unspecified atom stereocenters. The number of benzene rings is 1. The molecule has 0 bridgehead atoms. The molecule has 104 valence electrons. The van der Waals surface area contributed by atoms with E-state index in [1.54, 1.807) is 12.1 Å². The summed E-state index contributed by atoms with van der Waals surface area (Å²) in [6.07, 6.45) is 0. The Bertz CT molecular complexity index is 689. The van der Waals surface area contributed by atoms with Crippen LogP contribution in [0.3, 0.4) is 0 Å². The van der Waals surface area contributed by atoms with Gasteiger partial charge in [0.25, 0.3) is 0 Å². The van der Waals surface area contributed by atoms with Crippen LogP contribution in [0.1, 0.15) is 21.5 Å². The highest BCUT2D eigenvalue weighted by molar-refractivity contribution is 6.34. The van der Waals surface area contributed by atoms with Gasteiger partial charge >= 0.3 is 5.97 Å². The molecule has 2 rings (SSSR count). The molecule has 0 radical (unpaired) electrons. The number of carbonyl (C=O) groups is 1. The molecule has 0 atom stereocenters. The predicted molar refractivity (Wildman–Crippen MR) is 75.1 cm³/mol. The Morgan fingerprint density at radius 2 is 1.85 bits per heavy atom. The van der Waals surface area contributed by atoms with Crippen LogP contribution >= 0.6 is 23.2 Å². The summed E-state index contributed by atoms with van der Waals surface area (Å²) in [7, 11) is 0. The molecule has 6 heteroatoms. The minimum atomic E-state index is -0.830. The van der Waals surface area contributed by atoms with Crippen LogP contribution in [0, 0.1) is 19.7 Å². The fourth-order valence-electron chi connectivity index (χ4n) is 1.53. The van der Waals surface area contributed by atoms with Crippen LogP contribution in [-0.4, -0.2) is 11.0 Å². The second-order valence-electron chi connectivity index (χ2n) is 4.23. The molecule has 1 aromatic carbocycles. The summed E-state index contributed by atoms with van der Waals surface area (Å²) >= 11 is 11.2. The van der Waals surface area contributed by atoms with Gasteiger partial charge < -0.3 is 4.74 Å². The second kappa shape index (κ2) is 5.77. The number of hydrogen-bond donors (Lipinski definition) is 0. The quantitative estimate of drug-likeness (QED) is 0.469. The van der Waals surface area contributed by atoms with Crippen molar-refractivity contribution in [1.82, 2.24) is 4.98 Å². The summed E-state index contributed by atoms with van der Waals surface area (Å²) in [5, 5.41) is -0.594. The number of rotatable bonds is 2. The predicted octanol–water partition coefficient (Wildman–Crippen LogP) is 4.36. The smallest absolute Gasteiger partial charge is 0.346 e. The van der Waals surface area contributed by atoms with Gasteiger partial charge in [0.1, 0.15) is 16.5 Å². The number of hydrogen-bond acceptors (Lipinski definition) is 3. The number of aromatic nitrogens is 1. The molecule has 0 aliphatic carbocycles. The number of pyridine rings is 1. The van der Waals surface area contributed by atoms with Crippen LogP contribution in [0.15, 0.2) is 24.3 Å². The van der Waals surface area contributed by atoms with Gasteiger partial charge in [-0.25, -0.2) is 14.2 Å². The molecule has 1 heterocycles. The van der Waals surface area contributed by atoms with E-state index in [4.69, 9.17) is 27.9 Å². The van der Waals surface area contributed by atoms with Crippen molar-refractivity contribution in [2.75, 3.05) is 0 Å². The lowest BCUT2D eigenvalue weighted by Crippen LogP contribution is -2.11. The van der Waals surface area contributed by atoms with Crippen molar-refractivity contribution in [1.29, 1.82) is 0 Å². The summed E-state index contributed by atoms with van der Waals surface area (Å²) in [4.78, 5) is 15.5. The third-order valence-electron chi connectivity index (χ3n) is 2.80. The molecule has 0 aliphatic rings. The molecule has 20 heavy (non-hydrogen) atoms. The molecule has 2 aromatic rings. The summed E-state index contributed by atoms with van der Waals surface area (Å²) in [6.45, 7) is 3.83. The minimum Gasteiger partial charge on any atom is -0.423 e. The maximum Gasteiger partial charge on any atom is 0.346 e. The van der Waals surface area contributed by atoms with Crippen molar-refractivity contribution in [3.8, 4) is 5.75 Å². The molecule has 1 aromatic heterocycles. The lowest BCUT2D eigenvalue weighted by Gasteiger charge is -2.08. The lowest BCUT2D eigenvalue weighted by molar-refractivity contribution is 0.0734. The van der Waals surface area contributed by atoms with E-state index in [1.165, 1.54) is 0 Å². The topological polar surface area (TPSA) is 39.2 Å². The number of esters is 1. The van der Waals surface area contributed by atoms with Crippen molar-refractivity contribution < 1.29 is 13.9 Å². The van der Waals surface area contributed by atoms with Crippen molar-refractivity contribution in [2.45, 2.75) is 13.8 Å². The zero-order valence-corrected chi connectivity index (χ0v) is 12.2. The van der Waals surface area contributed by atoms with E-state index in [-0.39, 0.29) is 10.7 Å². The number of nitrogens with zero attached hydrogens (tertiary/aromatic N) is 1. The molecular formula is C14H10Cl2FNO2. The summed E-state index contributed by atoms with van der Waals surface area (Å²) < 4.78 is 18.5. The first-order valence-electron chi connectivity index (χ1n) is 5.69. The summed E-state index contributed by atoms with van der Waals surface area (Å²) in [5.41, 5.74) is 1.87. The maximum absolute atomic E-state index is 13.3. The summed E-state index contributed by atoms with van der Waals surface area (Å²) in [6, 6.07) is 6.08. The van der Waals surface area contributed by atoms with Crippen LogP contribution in [0.4, 0.5) is 4.39 Å². The van der Waals surface area contributed by atoms with E-state index in [0.29, 0.717) is 5.75 Å². The SMILES string of the molecule is Cc1ccc(OC(=O)c2cc(F)c(Cl)nc2Cl)cc1C. The van der Waals surface area contributed by atoms with Crippen LogP contribution in [-0.2, 0) is 0 Å². The molecule has 3 nitrogen and oxygen atoms in total. The first-order chi connectivity index (χ1) is 9.38.